The number of benzene rings is 1. The highest BCUT2D eigenvalue weighted by molar-refractivity contribution is 7.12. The van der Waals surface area contributed by atoms with Gasteiger partial charge in [-0.25, -0.2) is 4.98 Å². The number of anilines is 1. The molecule has 0 aliphatic carbocycles. The third kappa shape index (κ3) is 2.27. The molecule has 0 saturated heterocycles. The fourth-order valence-corrected chi connectivity index (χ4v) is 3.05. The molecule has 0 unspecified atom stereocenters. The molecule has 1 amide bonds. The maximum absolute atomic E-state index is 12.7. The van der Waals surface area contributed by atoms with E-state index < -0.39 is 0 Å². The minimum absolute atomic E-state index is 0.0520. The number of thiazole rings is 1. The molecule has 5 heteroatoms. The van der Waals surface area contributed by atoms with Gasteiger partial charge in [-0.05, 0) is 18.6 Å². The number of fused-ring (bicyclic) bond motifs is 1. The number of aromatic nitrogens is 1. The van der Waals surface area contributed by atoms with E-state index in [2.05, 4.69) is 16.4 Å². The summed E-state index contributed by atoms with van der Waals surface area (Å²) >= 11 is 1.41. The maximum atomic E-state index is 12.7. The number of nitrogens with one attached hydrogen (secondary N) is 1. The Morgan fingerprint density at radius 2 is 2.26 bits per heavy atom. The van der Waals surface area contributed by atoms with Crippen molar-refractivity contribution >= 4 is 22.9 Å². The molecule has 1 aromatic carbocycles. The summed E-state index contributed by atoms with van der Waals surface area (Å²) in [6, 6.07) is 8.06. The van der Waals surface area contributed by atoms with E-state index >= 15 is 0 Å². The first-order chi connectivity index (χ1) is 9.27. The van der Waals surface area contributed by atoms with Crippen LogP contribution in [0.25, 0.3) is 0 Å². The minimum Gasteiger partial charge on any atom is -0.311 e. The molecule has 2 heterocycles. The lowest BCUT2D eigenvalue weighted by Crippen LogP contribution is -2.34. The molecule has 2 aromatic rings. The third-order valence-electron chi connectivity index (χ3n) is 3.29. The number of carbonyl (C=O) groups excluding carboxylic acids is 1. The summed E-state index contributed by atoms with van der Waals surface area (Å²) in [6.45, 7) is 4.18. The molecule has 1 aliphatic rings. The lowest BCUT2D eigenvalue weighted by molar-refractivity contribution is 0.0990. The molecular formula is C14H15N3OS. The van der Waals surface area contributed by atoms with Gasteiger partial charge < -0.3 is 10.2 Å². The highest BCUT2D eigenvalue weighted by atomic mass is 32.1. The molecule has 1 N–H and O–H groups in total. The second-order valence-electron chi connectivity index (χ2n) is 4.53. The highest BCUT2D eigenvalue weighted by Gasteiger charge is 2.24. The lowest BCUT2D eigenvalue weighted by Gasteiger charge is -2.22. The number of rotatable bonds is 1. The van der Waals surface area contributed by atoms with Crippen LogP contribution in [0.5, 0.6) is 0 Å². The van der Waals surface area contributed by atoms with Crippen molar-refractivity contribution in [3.8, 4) is 0 Å². The molecule has 4 nitrogen and oxygen atoms in total. The van der Waals surface area contributed by atoms with Crippen LogP contribution < -0.4 is 10.2 Å². The van der Waals surface area contributed by atoms with Gasteiger partial charge in [0.1, 0.15) is 4.88 Å². The van der Waals surface area contributed by atoms with Crippen LogP contribution in [0.1, 0.15) is 20.9 Å². The Hall–Kier alpha value is -1.72. The summed E-state index contributed by atoms with van der Waals surface area (Å²) in [5, 5.41) is 3.34. The van der Waals surface area contributed by atoms with E-state index in [4.69, 9.17) is 0 Å². The number of hydrogen-bond donors (Lipinski definition) is 1. The topological polar surface area (TPSA) is 45.2 Å². The van der Waals surface area contributed by atoms with Gasteiger partial charge >= 0.3 is 0 Å². The second kappa shape index (κ2) is 5.11. The number of amides is 1. The van der Waals surface area contributed by atoms with Crippen molar-refractivity contribution in [2.24, 2.45) is 0 Å². The fourth-order valence-electron chi connectivity index (χ4n) is 2.30. The molecule has 0 fully saturated rings. The zero-order chi connectivity index (χ0) is 13.2. The van der Waals surface area contributed by atoms with E-state index in [1.54, 1.807) is 5.51 Å². The van der Waals surface area contributed by atoms with Gasteiger partial charge in [0.15, 0.2) is 0 Å². The lowest BCUT2D eigenvalue weighted by atomic mass is 10.1. The van der Waals surface area contributed by atoms with Crippen LogP contribution in [0, 0.1) is 6.92 Å². The molecule has 0 saturated carbocycles. The van der Waals surface area contributed by atoms with Crippen LogP contribution in [0.3, 0.4) is 0 Å². The van der Waals surface area contributed by atoms with Crippen LogP contribution >= 0.6 is 11.3 Å². The molecule has 19 heavy (non-hydrogen) atoms. The summed E-state index contributed by atoms with van der Waals surface area (Å²) in [5.74, 6) is 0.0520. The van der Waals surface area contributed by atoms with Crippen LogP contribution in [0.2, 0.25) is 0 Å². The molecule has 3 rings (SSSR count). The molecule has 1 aromatic heterocycles. The maximum Gasteiger partial charge on any atom is 0.270 e. The van der Waals surface area contributed by atoms with E-state index in [0.29, 0.717) is 6.54 Å². The monoisotopic (exact) mass is 273 g/mol. The van der Waals surface area contributed by atoms with Gasteiger partial charge in [0.2, 0.25) is 0 Å². The predicted molar refractivity (Wildman–Crippen MR) is 76.7 cm³/mol. The second-order valence-corrected chi connectivity index (χ2v) is 5.38. The van der Waals surface area contributed by atoms with Crippen molar-refractivity contribution in [1.29, 1.82) is 0 Å². The van der Waals surface area contributed by atoms with Gasteiger partial charge in [-0.2, -0.15) is 0 Å². The van der Waals surface area contributed by atoms with Gasteiger partial charge in [0.25, 0.3) is 5.91 Å². The first kappa shape index (κ1) is 12.3. The van der Waals surface area contributed by atoms with Crippen molar-refractivity contribution in [1.82, 2.24) is 10.3 Å². The van der Waals surface area contributed by atoms with Crippen LogP contribution in [0.4, 0.5) is 5.69 Å². The van der Waals surface area contributed by atoms with Crippen LogP contribution in [-0.4, -0.2) is 24.0 Å². The van der Waals surface area contributed by atoms with E-state index in [-0.39, 0.29) is 5.91 Å². The van der Waals surface area contributed by atoms with Gasteiger partial charge in [0.05, 0.1) is 11.2 Å². The van der Waals surface area contributed by atoms with Gasteiger partial charge in [-0.15, -0.1) is 11.3 Å². The quantitative estimate of drug-likeness (QED) is 0.866. The zero-order valence-corrected chi connectivity index (χ0v) is 11.5. The molecule has 1 aliphatic heterocycles. The molecule has 0 atom stereocenters. The van der Waals surface area contributed by atoms with Gasteiger partial charge in [-0.3, -0.25) is 4.79 Å². The standard InChI is InChI=1S/C14H15N3OS/c1-10-13(19-9-16-10)14(18)17-7-6-15-8-11-4-2-3-5-12(11)17/h2-5,9,15H,6-8H2,1H3. The van der Waals surface area contributed by atoms with Crippen LogP contribution in [-0.2, 0) is 6.54 Å². The zero-order valence-electron chi connectivity index (χ0n) is 10.7. The normalized spacial score (nSPS) is 14.9. The summed E-state index contributed by atoms with van der Waals surface area (Å²) < 4.78 is 0. The van der Waals surface area contributed by atoms with Crippen molar-refractivity contribution in [3.63, 3.8) is 0 Å². The average molecular weight is 273 g/mol. The summed E-state index contributed by atoms with van der Waals surface area (Å²) in [6.07, 6.45) is 0. The van der Waals surface area contributed by atoms with Crippen molar-refractivity contribution < 1.29 is 4.79 Å². The Morgan fingerprint density at radius 1 is 1.42 bits per heavy atom. The van der Waals surface area contributed by atoms with Gasteiger partial charge in [0, 0.05) is 25.3 Å². The smallest absolute Gasteiger partial charge is 0.270 e. The Kier molecular flexibility index (Phi) is 3.31. The van der Waals surface area contributed by atoms with Crippen molar-refractivity contribution in [2.75, 3.05) is 18.0 Å². The Morgan fingerprint density at radius 3 is 3.05 bits per heavy atom. The van der Waals surface area contributed by atoms with Gasteiger partial charge in [-0.1, -0.05) is 18.2 Å². The number of carbonyl (C=O) groups is 1. The SMILES string of the molecule is Cc1ncsc1C(=O)N1CCNCc2ccccc21. The third-order valence-corrected chi connectivity index (χ3v) is 4.21. The summed E-state index contributed by atoms with van der Waals surface area (Å²) in [5.41, 5.74) is 4.70. The van der Waals surface area contributed by atoms with Crippen molar-refractivity contribution in [3.05, 3.63) is 45.9 Å². The van der Waals surface area contributed by atoms with E-state index in [1.165, 1.54) is 11.3 Å². The fraction of sp³-hybridized carbons (Fsp3) is 0.286. The van der Waals surface area contributed by atoms with E-state index in [1.807, 2.05) is 30.0 Å². The number of nitrogens with zero attached hydrogens (tertiary/aromatic N) is 2. The minimum atomic E-state index is 0.0520. The predicted octanol–water partition coefficient (Wildman–Crippen LogP) is 2.20. The largest absolute Gasteiger partial charge is 0.311 e. The summed E-state index contributed by atoms with van der Waals surface area (Å²) in [7, 11) is 0. The first-order valence-electron chi connectivity index (χ1n) is 6.28. The molecule has 0 bridgehead atoms. The molecule has 0 radical (unpaired) electrons. The Balaban J connectivity index is 2.01. The summed E-state index contributed by atoms with van der Waals surface area (Å²) in [4.78, 5) is 19.4. The average Bonchev–Trinajstić information content (AvgIpc) is 2.74. The van der Waals surface area contributed by atoms with E-state index in [9.17, 15) is 4.79 Å². The number of hydrogen-bond acceptors (Lipinski definition) is 4. The Labute approximate surface area is 116 Å². The molecule has 98 valence electrons. The first-order valence-corrected chi connectivity index (χ1v) is 7.16. The number of para-hydroxylation sites is 1. The van der Waals surface area contributed by atoms with Crippen molar-refractivity contribution in [2.45, 2.75) is 13.5 Å². The highest BCUT2D eigenvalue weighted by Crippen LogP contribution is 2.25. The van der Waals surface area contributed by atoms with E-state index in [0.717, 1.165) is 34.9 Å². The number of aryl methyl sites for hydroxylation is 1. The Bertz CT molecular complexity index is 608. The molecule has 0 spiro atoms. The van der Waals surface area contributed by atoms with Crippen LogP contribution in [0.15, 0.2) is 29.8 Å². The molecular weight excluding hydrogens is 258 g/mol.